The van der Waals surface area contributed by atoms with Crippen molar-refractivity contribution >= 4 is 21.8 Å². The van der Waals surface area contributed by atoms with Gasteiger partial charge in [0.05, 0.1) is 6.54 Å². The molecular weight excluding hydrogens is 428 g/mol. The quantitative estimate of drug-likeness (QED) is 0.530. The summed E-state index contributed by atoms with van der Waals surface area (Å²) in [7, 11) is 0. The normalized spacial score (nSPS) is 13.7. The molecule has 1 amide bonds. The minimum Gasteiger partial charge on any atom is -0.359 e. The third-order valence-electron chi connectivity index (χ3n) is 5.03. The van der Waals surface area contributed by atoms with Crippen molar-refractivity contribution in [1.29, 1.82) is 0 Å². The lowest BCUT2D eigenvalue weighted by Gasteiger charge is -2.03. The fourth-order valence-electron chi connectivity index (χ4n) is 3.41. The van der Waals surface area contributed by atoms with Crippen LogP contribution in [-0.2, 0) is 6.54 Å². The Bertz CT molecular complexity index is 1050. The smallest absolute Gasteiger partial charge is 0.251 e. The fourth-order valence-corrected chi connectivity index (χ4v) is 3.81. The predicted molar refractivity (Wildman–Crippen MR) is 116 cm³/mol. The largest absolute Gasteiger partial charge is 0.359 e. The lowest BCUT2D eigenvalue weighted by Crippen LogP contribution is -2.22. The first-order valence-electron chi connectivity index (χ1n) is 9.79. The van der Waals surface area contributed by atoms with Gasteiger partial charge in [-0.2, -0.15) is 0 Å². The second-order valence-corrected chi connectivity index (χ2v) is 8.12. The molecule has 1 aliphatic carbocycles. The highest BCUT2D eigenvalue weighted by Gasteiger charge is 2.12. The first-order chi connectivity index (χ1) is 14.2. The van der Waals surface area contributed by atoms with E-state index in [1.54, 1.807) is 12.1 Å². The predicted octanol–water partition coefficient (Wildman–Crippen LogP) is 5.58. The number of hydrogen-bond acceptors (Lipinski definition) is 3. The van der Waals surface area contributed by atoms with E-state index < -0.39 is 0 Å². The van der Waals surface area contributed by atoms with Crippen molar-refractivity contribution in [2.45, 2.75) is 32.2 Å². The van der Waals surface area contributed by atoms with E-state index in [2.05, 4.69) is 38.2 Å². The number of carbonyl (C=O) groups excluding carboxylic acids is 1. The van der Waals surface area contributed by atoms with Gasteiger partial charge in [-0.1, -0.05) is 57.9 Å². The Morgan fingerprint density at radius 2 is 1.93 bits per heavy atom. The van der Waals surface area contributed by atoms with E-state index in [1.807, 2.05) is 42.5 Å². The van der Waals surface area contributed by atoms with Crippen molar-refractivity contribution in [1.82, 2.24) is 10.5 Å². The maximum Gasteiger partial charge on any atom is 0.251 e. The van der Waals surface area contributed by atoms with Crippen LogP contribution in [0, 0.1) is 17.8 Å². The first kappa shape index (κ1) is 19.5. The highest BCUT2D eigenvalue weighted by Crippen LogP contribution is 2.24. The average Bonchev–Trinajstić information content (AvgIpc) is 3.43. The van der Waals surface area contributed by atoms with Gasteiger partial charge in [-0.05, 0) is 49.2 Å². The lowest BCUT2D eigenvalue weighted by atomic mass is 10.1. The van der Waals surface area contributed by atoms with Gasteiger partial charge in [0.25, 0.3) is 5.91 Å². The van der Waals surface area contributed by atoms with Crippen molar-refractivity contribution in [3.8, 4) is 23.1 Å². The highest BCUT2D eigenvalue weighted by molar-refractivity contribution is 9.10. The maximum atomic E-state index is 12.4. The zero-order valence-electron chi connectivity index (χ0n) is 16.0. The molecule has 0 spiro atoms. The van der Waals surface area contributed by atoms with E-state index in [0.29, 0.717) is 17.2 Å². The van der Waals surface area contributed by atoms with E-state index in [4.69, 9.17) is 4.52 Å². The van der Waals surface area contributed by atoms with Gasteiger partial charge in [-0.3, -0.25) is 4.79 Å². The minimum absolute atomic E-state index is 0.152. The Hall–Kier alpha value is -2.84. The molecule has 1 N–H and O–H groups in total. The Balaban J connectivity index is 1.34. The molecule has 2 aromatic carbocycles. The summed E-state index contributed by atoms with van der Waals surface area (Å²) >= 11 is 3.45. The standard InChI is InChI=1S/C24H21BrN2O2/c25-21-7-3-6-20(14-21)23-15-22(29-27-23)16-26-24(28)19-12-10-18(11-13-19)9-8-17-4-1-2-5-17/h3,6-7,10-15,17H,1-2,4-5,16H2,(H,26,28). The van der Waals surface area contributed by atoms with Crippen LogP contribution in [0.1, 0.15) is 47.4 Å². The Labute approximate surface area is 178 Å². The molecule has 4 nitrogen and oxygen atoms in total. The van der Waals surface area contributed by atoms with Crippen molar-refractivity contribution in [3.63, 3.8) is 0 Å². The number of halogens is 1. The zero-order valence-corrected chi connectivity index (χ0v) is 17.5. The van der Waals surface area contributed by atoms with E-state index >= 15 is 0 Å². The molecule has 0 radical (unpaired) electrons. The number of benzene rings is 2. The minimum atomic E-state index is -0.152. The van der Waals surface area contributed by atoms with Crippen molar-refractivity contribution in [2.24, 2.45) is 5.92 Å². The van der Waals surface area contributed by atoms with E-state index in [1.165, 1.54) is 25.7 Å². The van der Waals surface area contributed by atoms with E-state index in [-0.39, 0.29) is 12.5 Å². The Morgan fingerprint density at radius 1 is 1.14 bits per heavy atom. The summed E-state index contributed by atoms with van der Waals surface area (Å²) in [6.07, 6.45) is 4.98. The fraction of sp³-hybridized carbons (Fsp3) is 0.250. The summed E-state index contributed by atoms with van der Waals surface area (Å²) in [5.74, 6) is 7.55. The van der Waals surface area contributed by atoms with Crippen LogP contribution < -0.4 is 5.32 Å². The number of amides is 1. The zero-order chi connectivity index (χ0) is 20.1. The molecule has 0 saturated heterocycles. The van der Waals surface area contributed by atoms with Crippen molar-refractivity contribution in [3.05, 3.63) is 76.0 Å². The van der Waals surface area contributed by atoms with Gasteiger partial charge in [-0.25, -0.2) is 0 Å². The second-order valence-electron chi connectivity index (χ2n) is 7.20. The number of nitrogens with one attached hydrogen (secondary N) is 1. The molecule has 4 rings (SSSR count). The molecule has 0 unspecified atom stereocenters. The summed E-state index contributed by atoms with van der Waals surface area (Å²) in [5, 5.41) is 6.95. The van der Waals surface area contributed by atoms with Crippen LogP contribution in [0.5, 0.6) is 0 Å². The third-order valence-corrected chi connectivity index (χ3v) is 5.52. The van der Waals surface area contributed by atoms with Gasteiger partial charge in [0.1, 0.15) is 5.69 Å². The molecule has 1 aliphatic rings. The first-order valence-corrected chi connectivity index (χ1v) is 10.6. The number of carbonyl (C=O) groups is 1. The van der Waals surface area contributed by atoms with Crippen molar-refractivity contribution < 1.29 is 9.32 Å². The highest BCUT2D eigenvalue weighted by atomic mass is 79.9. The molecule has 1 saturated carbocycles. The van der Waals surface area contributed by atoms with Gasteiger partial charge in [0.2, 0.25) is 0 Å². The van der Waals surface area contributed by atoms with Gasteiger partial charge in [0.15, 0.2) is 5.76 Å². The average molecular weight is 449 g/mol. The Morgan fingerprint density at radius 3 is 2.69 bits per heavy atom. The Kier molecular flexibility index (Phi) is 6.12. The molecule has 1 heterocycles. The molecule has 0 aliphatic heterocycles. The lowest BCUT2D eigenvalue weighted by molar-refractivity contribution is 0.0947. The number of nitrogens with zero attached hydrogens (tertiary/aromatic N) is 1. The van der Waals surface area contributed by atoms with Gasteiger partial charge < -0.3 is 9.84 Å². The SMILES string of the molecule is O=C(NCc1cc(-c2cccc(Br)c2)no1)c1ccc(C#CC2CCCC2)cc1. The van der Waals surface area contributed by atoms with Crippen LogP contribution in [0.2, 0.25) is 0 Å². The second kappa shape index (κ2) is 9.11. The molecular formula is C24H21BrN2O2. The summed E-state index contributed by atoms with van der Waals surface area (Å²) in [6.45, 7) is 0.281. The molecule has 5 heteroatoms. The number of rotatable bonds is 4. The van der Waals surface area contributed by atoms with Gasteiger partial charge in [0, 0.05) is 33.1 Å². The van der Waals surface area contributed by atoms with Crippen LogP contribution in [0.25, 0.3) is 11.3 Å². The van der Waals surface area contributed by atoms with Crippen molar-refractivity contribution in [2.75, 3.05) is 0 Å². The summed E-state index contributed by atoms with van der Waals surface area (Å²) in [6, 6.07) is 17.1. The summed E-state index contributed by atoms with van der Waals surface area (Å²) < 4.78 is 6.32. The van der Waals surface area contributed by atoms with Crippen LogP contribution in [0.15, 0.2) is 63.6 Å². The molecule has 0 atom stereocenters. The number of hydrogen-bond donors (Lipinski definition) is 1. The molecule has 1 fully saturated rings. The van der Waals surface area contributed by atoms with Gasteiger partial charge in [-0.15, -0.1) is 0 Å². The molecule has 0 bridgehead atoms. The van der Waals surface area contributed by atoms with Crippen LogP contribution in [0.4, 0.5) is 0 Å². The molecule has 146 valence electrons. The number of aromatic nitrogens is 1. The molecule has 29 heavy (non-hydrogen) atoms. The monoisotopic (exact) mass is 448 g/mol. The molecule has 1 aromatic heterocycles. The van der Waals surface area contributed by atoms with Crippen LogP contribution in [0.3, 0.4) is 0 Å². The topological polar surface area (TPSA) is 55.1 Å². The van der Waals surface area contributed by atoms with E-state index in [9.17, 15) is 4.79 Å². The maximum absolute atomic E-state index is 12.4. The summed E-state index contributed by atoms with van der Waals surface area (Å²) in [4.78, 5) is 12.4. The van der Waals surface area contributed by atoms with Crippen LogP contribution in [-0.4, -0.2) is 11.1 Å². The van der Waals surface area contributed by atoms with Crippen LogP contribution >= 0.6 is 15.9 Å². The summed E-state index contributed by atoms with van der Waals surface area (Å²) in [5.41, 5.74) is 3.24. The molecule has 3 aromatic rings. The third kappa shape index (κ3) is 5.16. The van der Waals surface area contributed by atoms with Gasteiger partial charge >= 0.3 is 0 Å². The van der Waals surface area contributed by atoms with E-state index in [0.717, 1.165) is 21.3 Å².